The molecule has 2 aliphatic heterocycles. The van der Waals surface area contributed by atoms with E-state index in [0.29, 0.717) is 13.0 Å². The third-order valence-electron chi connectivity index (χ3n) is 5.70. The Labute approximate surface area is 166 Å². The van der Waals surface area contributed by atoms with E-state index in [1.165, 1.54) is 5.56 Å². The molecule has 2 aliphatic rings. The summed E-state index contributed by atoms with van der Waals surface area (Å²) >= 11 is 0. The van der Waals surface area contributed by atoms with E-state index < -0.39 is 0 Å². The fourth-order valence-corrected chi connectivity index (χ4v) is 3.94. The van der Waals surface area contributed by atoms with E-state index in [4.69, 9.17) is 9.47 Å². The molecule has 1 amide bonds. The largest absolute Gasteiger partial charge is 0.497 e. The van der Waals surface area contributed by atoms with Gasteiger partial charge in [0.05, 0.1) is 18.7 Å². The predicted molar refractivity (Wildman–Crippen MR) is 107 cm³/mol. The van der Waals surface area contributed by atoms with Crippen LogP contribution in [0.4, 0.5) is 0 Å². The van der Waals surface area contributed by atoms with Crippen molar-refractivity contribution in [3.05, 3.63) is 53.3 Å². The van der Waals surface area contributed by atoms with Crippen LogP contribution in [0.2, 0.25) is 0 Å². The quantitative estimate of drug-likeness (QED) is 0.813. The summed E-state index contributed by atoms with van der Waals surface area (Å²) in [5.41, 5.74) is 3.39. The highest BCUT2D eigenvalue weighted by Gasteiger charge is 2.31. The SMILES string of the molecule is COc1ccc2c(c1)CC(C(=O)N1CCN(Cc3ncccc3C)CC1)CO2. The maximum Gasteiger partial charge on any atom is 0.229 e. The number of carbonyl (C=O) groups excluding carboxylic acids is 1. The van der Waals surface area contributed by atoms with Gasteiger partial charge in [-0.05, 0) is 48.7 Å². The number of fused-ring (bicyclic) bond motifs is 1. The molecule has 1 unspecified atom stereocenters. The van der Waals surface area contributed by atoms with Gasteiger partial charge in [-0.25, -0.2) is 0 Å². The summed E-state index contributed by atoms with van der Waals surface area (Å²) in [6, 6.07) is 9.85. The zero-order valence-corrected chi connectivity index (χ0v) is 16.6. The zero-order chi connectivity index (χ0) is 19.5. The molecule has 2 aromatic rings. The van der Waals surface area contributed by atoms with Gasteiger partial charge in [0.25, 0.3) is 0 Å². The Hall–Kier alpha value is -2.60. The van der Waals surface area contributed by atoms with Gasteiger partial charge in [0.1, 0.15) is 18.1 Å². The summed E-state index contributed by atoms with van der Waals surface area (Å²) in [6.45, 7) is 6.65. The van der Waals surface area contributed by atoms with E-state index in [1.54, 1.807) is 7.11 Å². The number of ether oxygens (including phenoxy) is 2. The number of carbonyl (C=O) groups is 1. The molecule has 0 N–H and O–H groups in total. The normalized spacial score (nSPS) is 19.6. The van der Waals surface area contributed by atoms with Gasteiger partial charge in [0.15, 0.2) is 0 Å². The molecule has 1 atom stereocenters. The van der Waals surface area contributed by atoms with E-state index in [-0.39, 0.29) is 11.8 Å². The first kappa shape index (κ1) is 18.7. The molecule has 28 heavy (non-hydrogen) atoms. The molecule has 3 heterocycles. The maximum absolute atomic E-state index is 13.0. The molecule has 1 aromatic carbocycles. The molecule has 6 heteroatoms. The van der Waals surface area contributed by atoms with Crippen LogP contribution in [0, 0.1) is 12.8 Å². The van der Waals surface area contributed by atoms with Crippen LogP contribution in [-0.4, -0.2) is 60.6 Å². The van der Waals surface area contributed by atoms with Crippen LogP contribution >= 0.6 is 0 Å². The van der Waals surface area contributed by atoms with E-state index in [9.17, 15) is 4.79 Å². The van der Waals surface area contributed by atoms with Crippen LogP contribution < -0.4 is 9.47 Å². The predicted octanol–water partition coefficient (Wildman–Crippen LogP) is 2.29. The lowest BCUT2D eigenvalue weighted by Crippen LogP contribution is -2.51. The van der Waals surface area contributed by atoms with Gasteiger partial charge in [-0.15, -0.1) is 0 Å². The third kappa shape index (κ3) is 3.97. The van der Waals surface area contributed by atoms with Crippen molar-refractivity contribution < 1.29 is 14.3 Å². The smallest absolute Gasteiger partial charge is 0.229 e. The number of methoxy groups -OCH3 is 1. The van der Waals surface area contributed by atoms with Gasteiger partial charge in [-0.3, -0.25) is 14.7 Å². The molecular formula is C22H27N3O3. The Morgan fingerprint density at radius 2 is 2.07 bits per heavy atom. The molecule has 0 radical (unpaired) electrons. The minimum absolute atomic E-state index is 0.121. The van der Waals surface area contributed by atoms with Gasteiger partial charge in [-0.2, -0.15) is 0 Å². The van der Waals surface area contributed by atoms with Crippen molar-refractivity contribution in [2.45, 2.75) is 19.9 Å². The van der Waals surface area contributed by atoms with Gasteiger partial charge < -0.3 is 14.4 Å². The maximum atomic E-state index is 13.0. The number of aromatic nitrogens is 1. The van der Waals surface area contributed by atoms with Gasteiger partial charge in [0.2, 0.25) is 5.91 Å². The van der Waals surface area contributed by atoms with E-state index in [1.807, 2.05) is 35.4 Å². The summed E-state index contributed by atoms with van der Waals surface area (Å²) in [5, 5.41) is 0. The van der Waals surface area contributed by atoms with Crippen molar-refractivity contribution in [1.82, 2.24) is 14.8 Å². The number of hydrogen-bond acceptors (Lipinski definition) is 5. The Morgan fingerprint density at radius 1 is 1.25 bits per heavy atom. The first-order chi connectivity index (χ1) is 13.6. The summed E-state index contributed by atoms with van der Waals surface area (Å²) in [6.07, 6.45) is 2.55. The standard InChI is InChI=1S/C22H27N3O3/c1-16-4-3-7-23-20(16)14-24-8-10-25(11-9-24)22(26)18-12-17-13-19(27-2)5-6-21(17)28-15-18/h3-7,13,18H,8-12,14-15H2,1-2H3. The van der Waals surface area contributed by atoms with Gasteiger partial charge in [-0.1, -0.05) is 6.07 Å². The number of rotatable bonds is 4. The van der Waals surface area contributed by atoms with E-state index in [0.717, 1.165) is 55.5 Å². The van der Waals surface area contributed by atoms with Crippen LogP contribution in [-0.2, 0) is 17.8 Å². The van der Waals surface area contributed by atoms with Crippen LogP contribution in [0.3, 0.4) is 0 Å². The average Bonchev–Trinajstić information content (AvgIpc) is 2.74. The minimum Gasteiger partial charge on any atom is -0.497 e. The lowest BCUT2D eigenvalue weighted by atomic mass is 9.95. The molecule has 0 spiro atoms. The molecule has 0 aliphatic carbocycles. The number of amides is 1. The van der Waals surface area contributed by atoms with E-state index >= 15 is 0 Å². The Morgan fingerprint density at radius 3 is 2.82 bits per heavy atom. The lowest BCUT2D eigenvalue weighted by Gasteiger charge is -2.37. The molecule has 0 bridgehead atoms. The second kappa shape index (κ2) is 8.19. The molecular weight excluding hydrogens is 354 g/mol. The number of aryl methyl sites for hydroxylation is 1. The van der Waals surface area contributed by atoms with Gasteiger partial charge in [0, 0.05) is 38.9 Å². The topological polar surface area (TPSA) is 54.9 Å². The van der Waals surface area contributed by atoms with Gasteiger partial charge >= 0.3 is 0 Å². The fourth-order valence-electron chi connectivity index (χ4n) is 3.94. The monoisotopic (exact) mass is 381 g/mol. The van der Waals surface area contributed by atoms with Crippen molar-refractivity contribution in [3.8, 4) is 11.5 Å². The van der Waals surface area contributed by atoms with Crippen molar-refractivity contribution in [3.63, 3.8) is 0 Å². The Kier molecular flexibility index (Phi) is 5.48. The lowest BCUT2D eigenvalue weighted by molar-refractivity contribution is -0.138. The van der Waals surface area contributed by atoms with Crippen LogP contribution in [0.5, 0.6) is 11.5 Å². The molecule has 4 rings (SSSR count). The number of piperazine rings is 1. The fraction of sp³-hybridized carbons (Fsp3) is 0.455. The van der Waals surface area contributed by atoms with Crippen LogP contribution in [0.15, 0.2) is 36.5 Å². The zero-order valence-electron chi connectivity index (χ0n) is 16.6. The summed E-state index contributed by atoms with van der Waals surface area (Å²) in [4.78, 5) is 21.9. The third-order valence-corrected chi connectivity index (χ3v) is 5.70. The van der Waals surface area contributed by atoms with Crippen molar-refractivity contribution in [2.75, 3.05) is 39.9 Å². The molecule has 1 saturated heterocycles. The van der Waals surface area contributed by atoms with Crippen LogP contribution in [0.1, 0.15) is 16.8 Å². The molecule has 1 aromatic heterocycles. The second-order valence-electron chi connectivity index (χ2n) is 7.55. The highest BCUT2D eigenvalue weighted by molar-refractivity contribution is 5.80. The Bertz CT molecular complexity index is 847. The van der Waals surface area contributed by atoms with Crippen molar-refractivity contribution in [2.24, 2.45) is 5.92 Å². The molecule has 1 fully saturated rings. The molecule has 148 valence electrons. The van der Waals surface area contributed by atoms with Crippen molar-refractivity contribution in [1.29, 1.82) is 0 Å². The number of pyridine rings is 1. The van der Waals surface area contributed by atoms with E-state index in [2.05, 4.69) is 22.9 Å². The average molecular weight is 381 g/mol. The Balaban J connectivity index is 1.33. The molecule has 6 nitrogen and oxygen atoms in total. The summed E-state index contributed by atoms with van der Waals surface area (Å²) in [7, 11) is 1.65. The first-order valence-electron chi connectivity index (χ1n) is 9.85. The van der Waals surface area contributed by atoms with Crippen LogP contribution in [0.25, 0.3) is 0 Å². The first-order valence-corrected chi connectivity index (χ1v) is 9.85. The number of nitrogens with zero attached hydrogens (tertiary/aromatic N) is 3. The molecule has 0 saturated carbocycles. The highest BCUT2D eigenvalue weighted by atomic mass is 16.5. The number of benzene rings is 1. The summed E-state index contributed by atoms with van der Waals surface area (Å²) in [5.74, 6) is 1.74. The number of hydrogen-bond donors (Lipinski definition) is 0. The second-order valence-corrected chi connectivity index (χ2v) is 7.55. The highest BCUT2D eigenvalue weighted by Crippen LogP contribution is 2.31. The minimum atomic E-state index is -0.121. The summed E-state index contributed by atoms with van der Waals surface area (Å²) < 4.78 is 11.1. The van der Waals surface area contributed by atoms with Crippen molar-refractivity contribution >= 4 is 5.91 Å².